The van der Waals surface area contributed by atoms with E-state index in [0.29, 0.717) is 28.6 Å². The van der Waals surface area contributed by atoms with Crippen molar-refractivity contribution in [2.45, 2.75) is 17.5 Å². The van der Waals surface area contributed by atoms with Crippen LogP contribution < -0.4 is 10.5 Å². The molecule has 7 nitrogen and oxygen atoms in total. The summed E-state index contributed by atoms with van der Waals surface area (Å²) in [6, 6.07) is 17.5. The summed E-state index contributed by atoms with van der Waals surface area (Å²) in [5, 5.41) is 10.8. The van der Waals surface area contributed by atoms with Gasteiger partial charge in [0.15, 0.2) is 22.1 Å². The first-order chi connectivity index (χ1) is 13.6. The predicted octanol–water partition coefficient (Wildman–Crippen LogP) is 3.46. The van der Waals surface area contributed by atoms with Gasteiger partial charge in [-0.15, -0.1) is 0 Å². The summed E-state index contributed by atoms with van der Waals surface area (Å²) in [6.07, 6.45) is 0. The molecular weight excluding hydrogens is 374 g/mol. The molecule has 0 radical (unpaired) electrons. The number of aromatic nitrogens is 4. The van der Waals surface area contributed by atoms with Gasteiger partial charge in [0.1, 0.15) is 5.75 Å². The number of nitrogen functional groups attached to an aromatic ring is 1. The molecule has 0 atom stereocenters. The van der Waals surface area contributed by atoms with Gasteiger partial charge in [-0.25, -0.2) is 9.97 Å². The molecule has 0 aliphatic rings. The summed E-state index contributed by atoms with van der Waals surface area (Å²) < 4.78 is 6.82. The van der Waals surface area contributed by atoms with E-state index >= 15 is 0 Å². The van der Waals surface area contributed by atoms with Gasteiger partial charge in [0.25, 0.3) is 6.01 Å². The van der Waals surface area contributed by atoms with Gasteiger partial charge in [-0.3, -0.25) is 4.57 Å². The van der Waals surface area contributed by atoms with E-state index in [1.54, 1.807) is 11.7 Å². The number of methoxy groups -OCH3 is 1. The highest BCUT2D eigenvalue weighted by atomic mass is 32.2. The molecule has 2 aromatic carbocycles. The molecule has 0 saturated heterocycles. The zero-order chi connectivity index (χ0) is 19.5. The Morgan fingerprint density at radius 2 is 1.75 bits per heavy atom. The van der Waals surface area contributed by atoms with E-state index in [-0.39, 0.29) is 11.8 Å². The number of anilines is 1. The van der Waals surface area contributed by atoms with Crippen LogP contribution in [0.3, 0.4) is 0 Å². The smallest absolute Gasteiger partial charge is 0.296 e. The molecule has 142 valence electrons. The molecule has 0 amide bonds. The zero-order valence-corrected chi connectivity index (χ0v) is 16.1. The normalized spacial score (nSPS) is 11.0. The van der Waals surface area contributed by atoms with Crippen LogP contribution in [0.15, 0.2) is 59.8 Å². The first kappa shape index (κ1) is 18.1. The summed E-state index contributed by atoms with van der Waals surface area (Å²) in [4.78, 5) is 13.1. The Morgan fingerprint density at radius 3 is 2.46 bits per heavy atom. The highest BCUT2D eigenvalue weighted by Crippen LogP contribution is 2.28. The number of nitrogens with two attached hydrogens (primary N) is 1. The molecule has 0 bridgehead atoms. The van der Waals surface area contributed by atoms with E-state index in [2.05, 4.69) is 15.0 Å². The van der Waals surface area contributed by atoms with Crippen LogP contribution in [-0.2, 0) is 12.3 Å². The van der Waals surface area contributed by atoms with Crippen molar-refractivity contribution in [1.29, 1.82) is 0 Å². The summed E-state index contributed by atoms with van der Waals surface area (Å²) in [5.41, 5.74) is 9.14. The predicted molar refractivity (Wildman–Crippen MR) is 109 cm³/mol. The molecular formula is C20H19N5O2S. The fraction of sp³-hybridized carbons (Fsp3) is 0.150. The lowest BCUT2D eigenvalue weighted by Gasteiger charge is -2.07. The number of nitrogens with zero attached hydrogens (tertiary/aromatic N) is 4. The third-order valence-corrected chi connectivity index (χ3v) is 5.21. The number of thioether (sulfide) groups is 1. The number of hydrogen-bond acceptors (Lipinski definition) is 7. The lowest BCUT2D eigenvalue weighted by atomic mass is 10.2. The minimum atomic E-state index is -0.128. The summed E-state index contributed by atoms with van der Waals surface area (Å²) >= 11 is 1.47. The number of ether oxygens (including phenoxy) is 1. The van der Waals surface area contributed by atoms with Crippen molar-refractivity contribution in [2.24, 2.45) is 0 Å². The van der Waals surface area contributed by atoms with E-state index in [9.17, 15) is 5.11 Å². The van der Waals surface area contributed by atoms with Gasteiger partial charge in [0.05, 0.1) is 13.7 Å². The van der Waals surface area contributed by atoms with Crippen LogP contribution in [-0.4, -0.2) is 31.7 Å². The van der Waals surface area contributed by atoms with Crippen molar-refractivity contribution >= 4 is 28.7 Å². The van der Waals surface area contributed by atoms with E-state index in [4.69, 9.17) is 10.5 Å². The number of aromatic hydroxyl groups is 1. The maximum absolute atomic E-state index is 10.3. The van der Waals surface area contributed by atoms with Gasteiger partial charge >= 0.3 is 0 Å². The van der Waals surface area contributed by atoms with E-state index in [0.717, 1.165) is 16.9 Å². The molecule has 0 aliphatic carbocycles. The number of rotatable bonds is 6. The molecule has 0 unspecified atom stereocenters. The quantitative estimate of drug-likeness (QED) is 0.382. The molecule has 0 fully saturated rings. The lowest BCUT2D eigenvalue weighted by molar-refractivity contribution is 0.408. The van der Waals surface area contributed by atoms with Crippen molar-refractivity contribution < 1.29 is 9.84 Å². The Balaban J connectivity index is 1.61. The SMILES string of the molecule is COc1ccc(CSc2nc(N)c3nc(O)n(Cc4ccccc4)c3n2)cc1. The largest absolute Gasteiger partial charge is 0.497 e. The van der Waals surface area contributed by atoms with Crippen LogP contribution in [0, 0.1) is 0 Å². The maximum atomic E-state index is 10.3. The number of imidazole rings is 1. The second-order valence-electron chi connectivity index (χ2n) is 6.18. The molecule has 2 aromatic heterocycles. The van der Waals surface area contributed by atoms with Gasteiger partial charge in [0.2, 0.25) is 0 Å². The molecule has 0 spiro atoms. The third kappa shape index (κ3) is 3.72. The molecule has 0 aliphatic heterocycles. The minimum absolute atomic E-state index is 0.128. The second kappa shape index (κ2) is 7.77. The van der Waals surface area contributed by atoms with Crippen molar-refractivity contribution in [2.75, 3.05) is 12.8 Å². The van der Waals surface area contributed by atoms with Gasteiger partial charge in [-0.2, -0.15) is 4.98 Å². The fourth-order valence-electron chi connectivity index (χ4n) is 2.84. The second-order valence-corrected chi connectivity index (χ2v) is 7.13. The highest BCUT2D eigenvalue weighted by Gasteiger charge is 2.16. The molecule has 8 heteroatoms. The van der Waals surface area contributed by atoms with Gasteiger partial charge in [-0.1, -0.05) is 54.2 Å². The topological polar surface area (TPSA) is 99.1 Å². The van der Waals surface area contributed by atoms with Crippen molar-refractivity contribution in [3.8, 4) is 11.8 Å². The Bertz CT molecular complexity index is 1100. The summed E-state index contributed by atoms with van der Waals surface area (Å²) in [5.74, 6) is 1.76. The summed E-state index contributed by atoms with van der Waals surface area (Å²) in [7, 11) is 1.64. The monoisotopic (exact) mass is 393 g/mol. The van der Waals surface area contributed by atoms with Gasteiger partial charge in [-0.05, 0) is 23.3 Å². The van der Waals surface area contributed by atoms with Gasteiger partial charge < -0.3 is 15.6 Å². The van der Waals surface area contributed by atoms with Crippen molar-refractivity contribution in [3.05, 3.63) is 65.7 Å². The van der Waals surface area contributed by atoms with Gasteiger partial charge in [0, 0.05) is 5.75 Å². The maximum Gasteiger partial charge on any atom is 0.296 e. The van der Waals surface area contributed by atoms with Crippen LogP contribution in [0.2, 0.25) is 0 Å². The van der Waals surface area contributed by atoms with E-state index in [1.807, 2.05) is 54.6 Å². The number of benzene rings is 2. The van der Waals surface area contributed by atoms with Crippen molar-refractivity contribution in [3.63, 3.8) is 0 Å². The van der Waals surface area contributed by atoms with Crippen molar-refractivity contribution in [1.82, 2.24) is 19.5 Å². The molecule has 3 N–H and O–H groups in total. The van der Waals surface area contributed by atoms with Crippen LogP contribution in [0.4, 0.5) is 5.82 Å². The fourth-order valence-corrected chi connectivity index (χ4v) is 3.64. The first-order valence-electron chi connectivity index (χ1n) is 8.66. The third-order valence-electron chi connectivity index (χ3n) is 4.29. The Hall–Kier alpha value is -3.26. The zero-order valence-electron chi connectivity index (χ0n) is 15.2. The molecule has 28 heavy (non-hydrogen) atoms. The van der Waals surface area contributed by atoms with Crippen LogP contribution >= 0.6 is 11.8 Å². The molecule has 0 saturated carbocycles. The number of hydrogen-bond donors (Lipinski definition) is 2. The lowest BCUT2D eigenvalue weighted by Crippen LogP contribution is -2.03. The Kier molecular flexibility index (Phi) is 5.03. The standard InChI is InChI=1S/C20H19N5O2S/c1-27-15-9-7-14(8-10-15)12-28-19-23-17(21)16-18(24-19)25(20(26)22-16)11-13-5-3-2-4-6-13/h2-10H,11-12H2,1H3,(H,22,26)(H2,21,23,24). The minimum Gasteiger partial charge on any atom is -0.497 e. The Labute approximate surface area is 166 Å². The summed E-state index contributed by atoms with van der Waals surface area (Å²) in [6.45, 7) is 0.447. The first-order valence-corrected chi connectivity index (χ1v) is 9.65. The van der Waals surface area contributed by atoms with Crippen LogP contribution in [0.1, 0.15) is 11.1 Å². The van der Waals surface area contributed by atoms with E-state index in [1.165, 1.54) is 11.8 Å². The van der Waals surface area contributed by atoms with Crippen LogP contribution in [0.25, 0.3) is 11.2 Å². The van der Waals surface area contributed by atoms with E-state index < -0.39 is 0 Å². The average Bonchev–Trinajstić information content (AvgIpc) is 3.04. The molecule has 4 rings (SSSR count). The number of fused-ring (bicyclic) bond motifs is 1. The molecule has 4 aromatic rings. The average molecular weight is 393 g/mol. The highest BCUT2D eigenvalue weighted by molar-refractivity contribution is 7.98. The molecule has 2 heterocycles. The Morgan fingerprint density at radius 1 is 1.00 bits per heavy atom. The van der Waals surface area contributed by atoms with Crippen LogP contribution in [0.5, 0.6) is 11.8 Å².